The zero-order chi connectivity index (χ0) is 34.0. The van der Waals surface area contributed by atoms with Crippen molar-refractivity contribution in [1.29, 1.82) is 0 Å². The average molecular weight is 811 g/mol. The molecule has 2 unspecified atom stereocenters. The number of allylic oxidation sites excluding steroid dienone is 4. The molecule has 6 aromatic rings. The van der Waals surface area contributed by atoms with Crippen LogP contribution in [0.1, 0.15) is 67.4 Å². The van der Waals surface area contributed by atoms with Crippen molar-refractivity contribution in [2.24, 2.45) is 5.41 Å². The van der Waals surface area contributed by atoms with E-state index in [1.54, 1.807) is 33.4 Å². The Morgan fingerprint density at radius 3 is 1.10 bits per heavy atom. The molecule has 0 aromatic heterocycles. The van der Waals surface area contributed by atoms with Crippen molar-refractivity contribution in [1.82, 2.24) is 0 Å². The molecule has 9 rings (SSSR count). The second kappa shape index (κ2) is 12.2. The van der Waals surface area contributed by atoms with Crippen molar-refractivity contribution < 1.29 is 20.0 Å². The summed E-state index contributed by atoms with van der Waals surface area (Å²) in [6, 6.07) is 60.0. The Bertz CT molecular complexity index is 2120. The van der Waals surface area contributed by atoms with Crippen LogP contribution in [-0.2, 0) is 20.0 Å². The SMILES string of the molecule is CCC1(CC)C2=C(c3ccc(-c4ccccc4)cc3)[CH](c3ccccc32)[Hf]([CH3])([CH3])[CH]2C(c3ccc(-c4ccccc4)cc3)=C1c1ccccc12. The van der Waals surface area contributed by atoms with Gasteiger partial charge in [0.05, 0.1) is 0 Å². The van der Waals surface area contributed by atoms with E-state index >= 15 is 0 Å². The van der Waals surface area contributed by atoms with Crippen molar-refractivity contribution in [2.75, 3.05) is 0 Å². The van der Waals surface area contributed by atoms with Gasteiger partial charge in [-0.1, -0.05) is 0 Å². The maximum absolute atomic E-state index is 3.45. The molecule has 1 aliphatic heterocycles. The third-order valence-electron chi connectivity index (χ3n) is 12.5. The van der Waals surface area contributed by atoms with E-state index in [0.717, 1.165) is 12.8 Å². The first-order chi connectivity index (χ1) is 24.5. The monoisotopic (exact) mass is 812 g/mol. The van der Waals surface area contributed by atoms with Gasteiger partial charge in [0.2, 0.25) is 0 Å². The van der Waals surface area contributed by atoms with Gasteiger partial charge in [0.1, 0.15) is 0 Å². The van der Waals surface area contributed by atoms with Crippen molar-refractivity contribution in [3.8, 4) is 22.3 Å². The maximum atomic E-state index is 2.78. The Labute approximate surface area is 302 Å². The predicted molar refractivity (Wildman–Crippen MR) is 210 cm³/mol. The summed E-state index contributed by atoms with van der Waals surface area (Å²) in [6.07, 6.45) is 2.12. The summed E-state index contributed by atoms with van der Waals surface area (Å²) < 4.78 is 6.49. The molecule has 0 radical (unpaired) electrons. The molecule has 50 heavy (non-hydrogen) atoms. The molecule has 2 atom stereocenters. The predicted octanol–water partition coefficient (Wildman–Crippen LogP) is 13.7. The number of fused-ring (bicyclic) bond motifs is 8. The Morgan fingerprint density at radius 1 is 0.400 bits per heavy atom. The average Bonchev–Trinajstić information content (AvgIpc) is 3.73. The number of benzene rings is 6. The van der Waals surface area contributed by atoms with Gasteiger partial charge in [-0.25, -0.2) is 0 Å². The number of rotatable bonds is 6. The van der Waals surface area contributed by atoms with Gasteiger partial charge in [-0.2, -0.15) is 0 Å². The standard InChI is InChI=1S/C47H38.2CH3.Hf/c1-3-47(4-2,45-41-21-13-11-19-39(41)31-43(45)37-27-23-35(24-28-37)33-15-7-5-8-16-33)46-42-22-14-12-20-40(42)32-44(46)38-29-25-36(26-30-38)34-17-9-6-10-18-34;;;/h5-32H,3-4H2,1-2H3;2*1H3;. The fourth-order valence-corrected chi connectivity index (χ4v) is 26.6. The summed E-state index contributed by atoms with van der Waals surface area (Å²) in [6.45, 7) is 4.91. The summed E-state index contributed by atoms with van der Waals surface area (Å²) in [5.41, 5.74) is 20.5. The van der Waals surface area contributed by atoms with E-state index < -0.39 is 20.0 Å². The molecular formula is C49H44Hf. The van der Waals surface area contributed by atoms with Gasteiger partial charge in [-0.05, 0) is 0 Å². The van der Waals surface area contributed by atoms with E-state index in [1.165, 1.54) is 44.5 Å². The van der Waals surface area contributed by atoms with Gasteiger partial charge in [-0.15, -0.1) is 0 Å². The molecule has 6 aromatic carbocycles. The van der Waals surface area contributed by atoms with Gasteiger partial charge in [0.15, 0.2) is 0 Å². The van der Waals surface area contributed by atoms with Crippen LogP contribution in [0.25, 0.3) is 44.5 Å². The zero-order valence-electron chi connectivity index (χ0n) is 29.6. The Balaban J connectivity index is 1.34. The van der Waals surface area contributed by atoms with Crippen molar-refractivity contribution in [2.45, 2.75) is 43.4 Å². The van der Waals surface area contributed by atoms with Gasteiger partial charge < -0.3 is 0 Å². The third-order valence-corrected chi connectivity index (χ3v) is 27.5. The van der Waals surface area contributed by atoms with Gasteiger partial charge >= 0.3 is 304 Å². The molecule has 1 heterocycles. The fraction of sp³-hybridized carbons (Fsp3) is 0.184. The van der Waals surface area contributed by atoms with Crippen LogP contribution in [0.4, 0.5) is 0 Å². The molecule has 3 aliphatic rings. The molecule has 0 fully saturated rings. The van der Waals surface area contributed by atoms with Crippen LogP contribution in [-0.4, -0.2) is 0 Å². The quantitative estimate of drug-likeness (QED) is 0.147. The van der Waals surface area contributed by atoms with E-state index in [1.807, 2.05) is 0 Å². The van der Waals surface area contributed by atoms with Gasteiger partial charge in [0, 0.05) is 0 Å². The van der Waals surface area contributed by atoms with Gasteiger partial charge in [-0.3, -0.25) is 0 Å². The molecule has 4 bridgehead atoms. The first kappa shape index (κ1) is 31.6. The molecule has 0 spiro atoms. The van der Waals surface area contributed by atoms with Gasteiger partial charge in [0.25, 0.3) is 0 Å². The van der Waals surface area contributed by atoms with E-state index in [9.17, 15) is 0 Å². The second-order valence-corrected chi connectivity index (χ2v) is 32.4. The van der Waals surface area contributed by atoms with Crippen LogP contribution in [0.15, 0.2) is 158 Å². The van der Waals surface area contributed by atoms with Crippen LogP contribution >= 0.6 is 0 Å². The van der Waals surface area contributed by atoms with E-state index in [2.05, 4.69) is 181 Å². The van der Waals surface area contributed by atoms with Crippen molar-refractivity contribution in [3.05, 3.63) is 191 Å². The van der Waals surface area contributed by atoms with Crippen molar-refractivity contribution >= 4 is 22.3 Å². The minimum absolute atomic E-state index is 0.124. The Hall–Kier alpha value is -4.33. The molecule has 0 saturated carbocycles. The van der Waals surface area contributed by atoms with E-state index in [0.29, 0.717) is 7.35 Å². The topological polar surface area (TPSA) is 0 Å². The fourth-order valence-electron chi connectivity index (χ4n) is 10.2. The van der Waals surface area contributed by atoms with E-state index in [4.69, 9.17) is 0 Å². The first-order valence-corrected chi connectivity index (χ1v) is 29.8. The molecule has 1 heteroatoms. The van der Waals surface area contributed by atoms with Crippen LogP contribution in [0, 0.1) is 5.41 Å². The van der Waals surface area contributed by atoms with Crippen LogP contribution in [0.2, 0.25) is 9.36 Å². The normalized spacial score (nSPS) is 19.5. The third kappa shape index (κ3) is 4.59. The molecule has 0 amide bonds. The van der Waals surface area contributed by atoms with E-state index in [-0.39, 0.29) is 5.41 Å². The van der Waals surface area contributed by atoms with Crippen LogP contribution in [0.3, 0.4) is 0 Å². The summed E-state index contributed by atoms with van der Waals surface area (Å²) in [5.74, 6) is 0. The number of hydrogen-bond donors (Lipinski definition) is 0. The molecule has 2 aliphatic carbocycles. The van der Waals surface area contributed by atoms with Crippen LogP contribution < -0.4 is 0 Å². The van der Waals surface area contributed by atoms with Crippen LogP contribution in [0.5, 0.6) is 0 Å². The summed E-state index contributed by atoms with van der Waals surface area (Å²) in [4.78, 5) is 0. The molecule has 244 valence electrons. The second-order valence-electron chi connectivity index (χ2n) is 15.1. The Morgan fingerprint density at radius 2 is 0.720 bits per heavy atom. The zero-order valence-corrected chi connectivity index (χ0v) is 33.2. The minimum atomic E-state index is -3.45. The molecule has 0 N–H and O–H groups in total. The first-order valence-electron chi connectivity index (χ1n) is 18.5. The molecule has 0 saturated heterocycles. The van der Waals surface area contributed by atoms with Crippen molar-refractivity contribution in [3.63, 3.8) is 0 Å². The molecule has 0 nitrogen and oxygen atoms in total. The summed E-state index contributed by atoms with van der Waals surface area (Å²) >= 11 is -3.45. The molecular weight excluding hydrogens is 767 g/mol. The summed E-state index contributed by atoms with van der Waals surface area (Å²) in [5, 5.41) is 0. The summed E-state index contributed by atoms with van der Waals surface area (Å²) in [7, 11) is 0. The Kier molecular flexibility index (Phi) is 7.70. The number of hydrogen-bond acceptors (Lipinski definition) is 0.